The van der Waals surface area contributed by atoms with Crippen LogP contribution in [0.5, 0.6) is 0 Å². The third-order valence-corrected chi connectivity index (χ3v) is 7.19. The number of ether oxygens (including phenoxy) is 1. The van der Waals surface area contributed by atoms with Gasteiger partial charge in [-0.3, -0.25) is 0 Å². The van der Waals surface area contributed by atoms with Gasteiger partial charge in [0.1, 0.15) is 0 Å². The SMILES string of the molecule is COC1C=C(C(C)(C)C)[Te]c2ccccc21. The quantitative estimate of drug-likeness (QED) is 0.720. The van der Waals surface area contributed by atoms with Crippen LogP contribution >= 0.6 is 0 Å². The summed E-state index contributed by atoms with van der Waals surface area (Å²) in [6, 6.07) is 8.71. The van der Waals surface area contributed by atoms with Crippen molar-refractivity contribution in [3.05, 3.63) is 39.5 Å². The third-order valence-electron chi connectivity index (χ3n) is 2.74. The molecule has 2 rings (SSSR count). The summed E-state index contributed by atoms with van der Waals surface area (Å²) in [5, 5.41) is 0. The topological polar surface area (TPSA) is 9.23 Å². The molecule has 0 aromatic heterocycles. The van der Waals surface area contributed by atoms with E-state index in [9.17, 15) is 0 Å². The second kappa shape index (κ2) is 4.53. The van der Waals surface area contributed by atoms with Gasteiger partial charge in [0.15, 0.2) is 0 Å². The molecule has 2 heteroatoms. The van der Waals surface area contributed by atoms with Crippen molar-refractivity contribution in [1.82, 2.24) is 0 Å². The first kappa shape index (κ1) is 12.2. The molecule has 0 fully saturated rings. The van der Waals surface area contributed by atoms with E-state index in [1.54, 1.807) is 10.7 Å². The Bertz CT molecular complexity index is 415. The summed E-state index contributed by atoms with van der Waals surface area (Å²) in [5.74, 6) is 0. The standard InChI is InChI=1S/C14H18OTe/c1-14(2,3)13-9-11(15-4)10-7-5-6-8-12(10)16-13/h5-9,11H,1-4H3. The van der Waals surface area contributed by atoms with Crippen LogP contribution in [0.4, 0.5) is 0 Å². The van der Waals surface area contributed by atoms with Gasteiger partial charge in [-0.25, -0.2) is 0 Å². The molecule has 0 spiro atoms. The summed E-state index contributed by atoms with van der Waals surface area (Å²) in [6.45, 7) is 6.89. The van der Waals surface area contributed by atoms with E-state index in [4.69, 9.17) is 4.74 Å². The molecule has 1 atom stereocenters. The maximum atomic E-state index is 5.59. The second-order valence-electron chi connectivity index (χ2n) is 5.08. The predicted octanol–water partition coefficient (Wildman–Crippen LogP) is 2.65. The number of methoxy groups -OCH3 is 1. The fraction of sp³-hybridized carbons (Fsp3) is 0.429. The molecule has 0 amide bonds. The number of hydrogen-bond acceptors (Lipinski definition) is 1. The van der Waals surface area contributed by atoms with Crippen LogP contribution in [0.3, 0.4) is 0 Å². The number of allylic oxidation sites excluding steroid dienone is 1. The van der Waals surface area contributed by atoms with Crippen LogP contribution in [0.1, 0.15) is 32.4 Å². The Morgan fingerprint density at radius 3 is 2.50 bits per heavy atom. The normalized spacial score (nSPS) is 20.2. The fourth-order valence-corrected chi connectivity index (χ4v) is 5.16. The van der Waals surface area contributed by atoms with E-state index in [2.05, 4.69) is 51.1 Å². The van der Waals surface area contributed by atoms with Crippen molar-refractivity contribution in [1.29, 1.82) is 0 Å². The van der Waals surface area contributed by atoms with Gasteiger partial charge in [-0.1, -0.05) is 0 Å². The van der Waals surface area contributed by atoms with E-state index in [0.29, 0.717) is 0 Å². The first-order chi connectivity index (χ1) is 7.52. The average Bonchev–Trinajstić information content (AvgIpc) is 2.26. The number of rotatable bonds is 1. The van der Waals surface area contributed by atoms with Crippen molar-refractivity contribution in [2.45, 2.75) is 26.9 Å². The monoisotopic (exact) mass is 332 g/mol. The molecule has 0 saturated heterocycles. The van der Waals surface area contributed by atoms with Gasteiger partial charge in [0.2, 0.25) is 0 Å². The maximum absolute atomic E-state index is 5.59. The molecule has 0 bridgehead atoms. The molecule has 86 valence electrons. The van der Waals surface area contributed by atoms with Crippen LogP contribution in [-0.4, -0.2) is 28.0 Å². The van der Waals surface area contributed by atoms with Crippen LogP contribution in [0.25, 0.3) is 0 Å². The zero-order valence-corrected chi connectivity index (χ0v) is 12.6. The molecular weight excluding hydrogens is 312 g/mol. The molecule has 0 saturated carbocycles. The van der Waals surface area contributed by atoms with Crippen molar-refractivity contribution < 1.29 is 4.74 Å². The fourth-order valence-electron chi connectivity index (χ4n) is 1.79. The molecule has 16 heavy (non-hydrogen) atoms. The Morgan fingerprint density at radius 1 is 1.19 bits per heavy atom. The van der Waals surface area contributed by atoms with Crippen LogP contribution in [0, 0.1) is 5.41 Å². The van der Waals surface area contributed by atoms with Crippen molar-refractivity contribution in [3.63, 3.8) is 0 Å². The van der Waals surface area contributed by atoms with E-state index < -0.39 is 0 Å². The Morgan fingerprint density at radius 2 is 1.88 bits per heavy atom. The molecule has 1 aromatic rings. The zero-order valence-electron chi connectivity index (χ0n) is 10.3. The van der Waals surface area contributed by atoms with E-state index in [1.807, 2.05) is 0 Å². The molecule has 1 unspecified atom stereocenters. The second-order valence-corrected chi connectivity index (χ2v) is 8.17. The molecular formula is C14H18OTe. The molecule has 0 aliphatic carbocycles. The minimum absolute atomic E-state index is 0.157. The summed E-state index contributed by atoms with van der Waals surface area (Å²) >= 11 is -0.207. The predicted molar refractivity (Wildman–Crippen MR) is 69.1 cm³/mol. The number of benzene rings is 1. The summed E-state index contributed by atoms with van der Waals surface area (Å²) in [4.78, 5) is 0. The van der Waals surface area contributed by atoms with Crippen molar-refractivity contribution >= 4 is 24.5 Å². The van der Waals surface area contributed by atoms with Crippen molar-refractivity contribution in [2.24, 2.45) is 5.41 Å². The Kier molecular flexibility index (Phi) is 3.45. The van der Waals surface area contributed by atoms with E-state index in [0.717, 1.165) is 0 Å². The first-order valence-corrected chi connectivity index (χ1v) is 7.87. The van der Waals surface area contributed by atoms with Crippen LogP contribution < -0.4 is 3.61 Å². The van der Waals surface area contributed by atoms with Crippen molar-refractivity contribution in [3.8, 4) is 0 Å². The Balaban J connectivity index is 2.42. The van der Waals surface area contributed by atoms with E-state index in [-0.39, 0.29) is 32.4 Å². The third kappa shape index (κ3) is 2.35. The van der Waals surface area contributed by atoms with E-state index in [1.165, 1.54) is 9.17 Å². The zero-order chi connectivity index (χ0) is 11.8. The van der Waals surface area contributed by atoms with Crippen LogP contribution in [0.15, 0.2) is 34.0 Å². The van der Waals surface area contributed by atoms with Gasteiger partial charge >= 0.3 is 108 Å². The molecule has 1 nitrogen and oxygen atoms in total. The molecule has 1 aromatic carbocycles. The van der Waals surface area contributed by atoms with Crippen LogP contribution in [0.2, 0.25) is 0 Å². The minimum atomic E-state index is -0.207. The molecule has 1 heterocycles. The Labute approximate surface area is 108 Å². The first-order valence-electron chi connectivity index (χ1n) is 5.54. The summed E-state index contributed by atoms with van der Waals surface area (Å²) in [6.07, 6.45) is 2.49. The summed E-state index contributed by atoms with van der Waals surface area (Å²) < 4.78 is 8.72. The molecule has 1 aliphatic heterocycles. The average molecular weight is 330 g/mol. The van der Waals surface area contributed by atoms with Gasteiger partial charge in [0.25, 0.3) is 0 Å². The summed E-state index contributed by atoms with van der Waals surface area (Å²) in [7, 11) is 1.80. The van der Waals surface area contributed by atoms with E-state index >= 15 is 0 Å². The molecule has 1 aliphatic rings. The van der Waals surface area contributed by atoms with Gasteiger partial charge in [-0.15, -0.1) is 0 Å². The molecule has 0 radical (unpaired) electrons. The molecule has 0 N–H and O–H groups in total. The van der Waals surface area contributed by atoms with Gasteiger partial charge in [-0.05, 0) is 0 Å². The van der Waals surface area contributed by atoms with Gasteiger partial charge in [-0.2, -0.15) is 0 Å². The Hall–Kier alpha value is -0.290. The number of hydrogen-bond donors (Lipinski definition) is 0. The van der Waals surface area contributed by atoms with Crippen molar-refractivity contribution in [2.75, 3.05) is 7.11 Å². The van der Waals surface area contributed by atoms with Crippen LogP contribution in [-0.2, 0) is 4.74 Å². The van der Waals surface area contributed by atoms with Gasteiger partial charge in [0.05, 0.1) is 0 Å². The van der Waals surface area contributed by atoms with Gasteiger partial charge in [0, 0.05) is 0 Å². The van der Waals surface area contributed by atoms with Gasteiger partial charge < -0.3 is 0 Å². The number of fused-ring (bicyclic) bond motifs is 1. The summed E-state index contributed by atoms with van der Waals surface area (Å²) in [5.41, 5.74) is 1.66.